The maximum Gasteiger partial charge on any atom is 0.302 e. The van der Waals surface area contributed by atoms with Crippen molar-refractivity contribution in [2.45, 2.75) is 13.5 Å². The minimum absolute atomic E-state index is 0.134. The van der Waals surface area contributed by atoms with E-state index in [4.69, 9.17) is 4.74 Å². The molecule has 3 rings (SSSR count). The van der Waals surface area contributed by atoms with Gasteiger partial charge in [-0.25, -0.2) is 4.98 Å². The summed E-state index contributed by atoms with van der Waals surface area (Å²) in [5.41, 5.74) is 1.36. The van der Waals surface area contributed by atoms with Gasteiger partial charge < -0.3 is 4.74 Å². The SMILES string of the molecule is CC(=O)OCCn1c(-c2ccccc2)nc2ccccc2c1=O. The molecule has 1 aromatic heterocycles. The minimum atomic E-state index is -0.368. The van der Waals surface area contributed by atoms with Crippen LogP contribution in [0, 0.1) is 0 Å². The number of hydrogen-bond donors (Lipinski definition) is 0. The highest BCUT2D eigenvalue weighted by atomic mass is 16.5. The van der Waals surface area contributed by atoms with Gasteiger partial charge in [0.15, 0.2) is 0 Å². The molecule has 116 valence electrons. The third kappa shape index (κ3) is 3.13. The maximum atomic E-state index is 12.8. The van der Waals surface area contributed by atoms with E-state index in [-0.39, 0.29) is 24.7 Å². The van der Waals surface area contributed by atoms with E-state index in [2.05, 4.69) is 4.98 Å². The van der Waals surface area contributed by atoms with Crippen LogP contribution in [-0.2, 0) is 16.1 Å². The summed E-state index contributed by atoms with van der Waals surface area (Å²) < 4.78 is 6.53. The number of para-hydroxylation sites is 1. The highest BCUT2D eigenvalue weighted by molar-refractivity contribution is 5.79. The first kappa shape index (κ1) is 15.0. The van der Waals surface area contributed by atoms with Crippen molar-refractivity contribution in [1.29, 1.82) is 0 Å². The van der Waals surface area contributed by atoms with Crippen LogP contribution >= 0.6 is 0 Å². The smallest absolute Gasteiger partial charge is 0.302 e. The van der Waals surface area contributed by atoms with Gasteiger partial charge in [-0.3, -0.25) is 14.2 Å². The number of benzene rings is 2. The molecule has 5 nitrogen and oxygen atoms in total. The number of fused-ring (bicyclic) bond motifs is 1. The van der Waals surface area contributed by atoms with Gasteiger partial charge in [0.25, 0.3) is 5.56 Å². The largest absolute Gasteiger partial charge is 0.464 e. The fourth-order valence-electron chi connectivity index (χ4n) is 2.46. The maximum absolute atomic E-state index is 12.8. The van der Waals surface area contributed by atoms with Crippen molar-refractivity contribution in [3.63, 3.8) is 0 Å². The number of nitrogens with zero attached hydrogens (tertiary/aromatic N) is 2. The number of carbonyl (C=O) groups is 1. The molecule has 1 heterocycles. The predicted octanol–water partition coefficient (Wildman–Crippen LogP) is 2.63. The second kappa shape index (κ2) is 6.44. The highest BCUT2D eigenvalue weighted by Crippen LogP contribution is 2.18. The molecule has 2 aromatic carbocycles. The molecule has 0 aliphatic heterocycles. The molecule has 0 spiro atoms. The van der Waals surface area contributed by atoms with Crippen molar-refractivity contribution in [3.05, 3.63) is 65.0 Å². The second-order valence-corrected chi connectivity index (χ2v) is 5.12. The molecule has 0 aliphatic rings. The third-order valence-corrected chi connectivity index (χ3v) is 3.51. The fraction of sp³-hybridized carbons (Fsp3) is 0.167. The van der Waals surface area contributed by atoms with Crippen molar-refractivity contribution in [2.24, 2.45) is 0 Å². The first-order chi connectivity index (χ1) is 11.2. The molecule has 0 fully saturated rings. The molecule has 0 bridgehead atoms. The lowest BCUT2D eigenvalue weighted by atomic mass is 10.2. The average molecular weight is 308 g/mol. The van der Waals surface area contributed by atoms with Crippen molar-refractivity contribution in [1.82, 2.24) is 9.55 Å². The topological polar surface area (TPSA) is 61.2 Å². The summed E-state index contributed by atoms with van der Waals surface area (Å²) in [6.07, 6.45) is 0. The van der Waals surface area contributed by atoms with E-state index in [1.807, 2.05) is 48.5 Å². The van der Waals surface area contributed by atoms with Crippen LogP contribution in [0.5, 0.6) is 0 Å². The molecule has 0 aliphatic carbocycles. The Hall–Kier alpha value is -2.95. The molecule has 5 heteroatoms. The van der Waals surface area contributed by atoms with E-state index in [1.54, 1.807) is 10.6 Å². The Morgan fingerprint density at radius 2 is 1.78 bits per heavy atom. The summed E-state index contributed by atoms with van der Waals surface area (Å²) in [4.78, 5) is 28.4. The highest BCUT2D eigenvalue weighted by Gasteiger charge is 2.12. The van der Waals surface area contributed by atoms with E-state index in [0.717, 1.165) is 5.56 Å². The fourth-order valence-corrected chi connectivity index (χ4v) is 2.46. The number of esters is 1. The predicted molar refractivity (Wildman–Crippen MR) is 88.1 cm³/mol. The summed E-state index contributed by atoms with van der Waals surface area (Å²) >= 11 is 0. The Morgan fingerprint density at radius 3 is 2.52 bits per heavy atom. The summed E-state index contributed by atoms with van der Waals surface area (Å²) in [5.74, 6) is 0.203. The zero-order chi connectivity index (χ0) is 16.2. The molecule has 0 N–H and O–H groups in total. The lowest BCUT2D eigenvalue weighted by Crippen LogP contribution is -2.26. The van der Waals surface area contributed by atoms with E-state index < -0.39 is 0 Å². The summed E-state index contributed by atoms with van der Waals surface area (Å²) in [6, 6.07) is 16.7. The van der Waals surface area contributed by atoms with Crippen LogP contribution in [0.4, 0.5) is 0 Å². The Balaban J connectivity index is 2.15. The molecule has 0 saturated heterocycles. The van der Waals surface area contributed by atoms with Gasteiger partial charge in [-0.05, 0) is 12.1 Å². The Labute approximate surface area is 133 Å². The van der Waals surface area contributed by atoms with Crippen LogP contribution < -0.4 is 5.56 Å². The number of hydrogen-bond acceptors (Lipinski definition) is 4. The van der Waals surface area contributed by atoms with Crippen LogP contribution in [0.1, 0.15) is 6.92 Å². The molecule has 0 amide bonds. The first-order valence-electron chi connectivity index (χ1n) is 7.35. The van der Waals surface area contributed by atoms with Crippen LogP contribution in [0.15, 0.2) is 59.4 Å². The Morgan fingerprint density at radius 1 is 1.09 bits per heavy atom. The number of ether oxygens (including phenoxy) is 1. The van der Waals surface area contributed by atoms with Crippen LogP contribution in [0.3, 0.4) is 0 Å². The number of rotatable bonds is 4. The van der Waals surface area contributed by atoms with E-state index in [1.165, 1.54) is 6.92 Å². The molecule has 0 radical (unpaired) electrons. The van der Waals surface area contributed by atoms with Crippen molar-refractivity contribution < 1.29 is 9.53 Å². The summed E-state index contributed by atoms with van der Waals surface area (Å²) in [7, 11) is 0. The number of carbonyl (C=O) groups excluding carboxylic acids is 1. The zero-order valence-corrected chi connectivity index (χ0v) is 12.7. The molecule has 3 aromatic rings. The zero-order valence-electron chi connectivity index (χ0n) is 12.7. The van der Waals surface area contributed by atoms with Gasteiger partial charge in [0.2, 0.25) is 0 Å². The quantitative estimate of drug-likeness (QED) is 0.695. The van der Waals surface area contributed by atoms with Crippen LogP contribution in [0.25, 0.3) is 22.3 Å². The lowest BCUT2D eigenvalue weighted by Gasteiger charge is -2.13. The van der Waals surface area contributed by atoms with Gasteiger partial charge in [-0.2, -0.15) is 0 Å². The monoisotopic (exact) mass is 308 g/mol. The van der Waals surface area contributed by atoms with Gasteiger partial charge in [0.1, 0.15) is 12.4 Å². The van der Waals surface area contributed by atoms with Gasteiger partial charge in [0.05, 0.1) is 17.4 Å². The average Bonchev–Trinajstić information content (AvgIpc) is 2.57. The normalized spacial score (nSPS) is 10.7. The molecule has 23 heavy (non-hydrogen) atoms. The van der Waals surface area contributed by atoms with Gasteiger partial charge in [0, 0.05) is 12.5 Å². The van der Waals surface area contributed by atoms with Crippen molar-refractivity contribution in [3.8, 4) is 11.4 Å². The van der Waals surface area contributed by atoms with Crippen LogP contribution in [0.2, 0.25) is 0 Å². The van der Waals surface area contributed by atoms with E-state index in [0.29, 0.717) is 16.7 Å². The van der Waals surface area contributed by atoms with Crippen molar-refractivity contribution in [2.75, 3.05) is 6.61 Å². The van der Waals surface area contributed by atoms with E-state index in [9.17, 15) is 9.59 Å². The third-order valence-electron chi connectivity index (χ3n) is 3.51. The molecular weight excluding hydrogens is 292 g/mol. The van der Waals surface area contributed by atoms with Crippen molar-refractivity contribution >= 4 is 16.9 Å². The lowest BCUT2D eigenvalue weighted by molar-refractivity contribution is -0.141. The standard InChI is InChI=1S/C18H16N2O3/c1-13(21)23-12-11-20-17(14-7-3-2-4-8-14)19-16-10-6-5-9-15(16)18(20)22/h2-10H,11-12H2,1H3. The summed E-state index contributed by atoms with van der Waals surface area (Å²) in [5, 5.41) is 0.551. The van der Waals surface area contributed by atoms with E-state index >= 15 is 0 Å². The molecule has 0 atom stereocenters. The molecular formula is C18H16N2O3. The first-order valence-corrected chi connectivity index (χ1v) is 7.35. The number of aromatic nitrogens is 2. The minimum Gasteiger partial charge on any atom is -0.464 e. The van der Waals surface area contributed by atoms with Gasteiger partial charge in [-0.1, -0.05) is 42.5 Å². The summed E-state index contributed by atoms with van der Waals surface area (Å²) in [6.45, 7) is 1.75. The molecule has 0 saturated carbocycles. The second-order valence-electron chi connectivity index (χ2n) is 5.12. The van der Waals surface area contributed by atoms with Gasteiger partial charge >= 0.3 is 5.97 Å². The van der Waals surface area contributed by atoms with Crippen LogP contribution in [-0.4, -0.2) is 22.1 Å². The Kier molecular flexibility index (Phi) is 4.19. The van der Waals surface area contributed by atoms with Gasteiger partial charge in [-0.15, -0.1) is 0 Å². The molecule has 0 unspecified atom stereocenters. The Bertz CT molecular complexity index is 901.